The zero-order valence-corrected chi connectivity index (χ0v) is 8.40. The Kier molecular flexibility index (Phi) is 3.65. The predicted molar refractivity (Wildman–Crippen MR) is 52.0 cm³/mol. The molecule has 86 valence electrons. The van der Waals surface area contributed by atoms with Crippen LogP contribution < -0.4 is 11.1 Å². The van der Waals surface area contributed by atoms with Crippen LogP contribution in [-0.4, -0.2) is 40.3 Å². The van der Waals surface area contributed by atoms with Gasteiger partial charge in [0.15, 0.2) is 0 Å². The van der Waals surface area contributed by atoms with Crippen LogP contribution in [0.4, 0.5) is 0 Å². The molecule has 0 unspecified atom stereocenters. The third-order valence-electron chi connectivity index (χ3n) is 2.72. The summed E-state index contributed by atoms with van der Waals surface area (Å²) in [6.45, 7) is -0.283. The van der Waals surface area contributed by atoms with Crippen LogP contribution in [0.15, 0.2) is 0 Å². The second-order valence-corrected chi connectivity index (χ2v) is 3.89. The van der Waals surface area contributed by atoms with E-state index in [1.807, 2.05) is 0 Å². The van der Waals surface area contributed by atoms with Gasteiger partial charge in [-0.2, -0.15) is 0 Å². The largest absolute Gasteiger partial charge is 0.480 e. The predicted octanol–water partition coefficient (Wildman–Crippen LogP) is -1.18. The first-order chi connectivity index (χ1) is 6.99. The summed E-state index contributed by atoms with van der Waals surface area (Å²) in [5.41, 5.74) is 4.82. The van der Waals surface area contributed by atoms with Crippen LogP contribution in [-0.2, 0) is 9.59 Å². The van der Waals surface area contributed by atoms with Crippen molar-refractivity contribution >= 4 is 11.9 Å². The molecule has 1 saturated carbocycles. The van der Waals surface area contributed by atoms with Crippen LogP contribution in [0.2, 0.25) is 0 Å². The minimum absolute atomic E-state index is 0.00282. The van der Waals surface area contributed by atoms with Crippen molar-refractivity contribution in [2.24, 2.45) is 5.73 Å². The van der Waals surface area contributed by atoms with E-state index >= 15 is 0 Å². The van der Waals surface area contributed by atoms with Crippen molar-refractivity contribution in [3.05, 3.63) is 0 Å². The smallest absolute Gasteiger partial charge is 0.326 e. The Hall–Kier alpha value is -1.14. The number of rotatable bonds is 5. The third kappa shape index (κ3) is 2.66. The summed E-state index contributed by atoms with van der Waals surface area (Å²) in [6, 6.07) is -1.05. The van der Waals surface area contributed by atoms with Crippen molar-refractivity contribution in [3.63, 3.8) is 0 Å². The van der Waals surface area contributed by atoms with Crippen molar-refractivity contribution in [2.45, 2.75) is 37.3 Å². The molecule has 1 rings (SSSR count). The molecular weight excluding hydrogens is 200 g/mol. The molecule has 6 heteroatoms. The van der Waals surface area contributed by atoms with Gasteiger partial charge in [0, 0.05) is 13.0 Å². The van der Waals surface area contributed by atoms with Crippen molar-refractivity contribution < 1.29 is 19.8 Å². The first-order valence-corrected chi connectivity index (χ1v) is 4.93. The van der Waals surface area contributed by atoms with Gasteiger partial charge in [0.2, 0.25) is 5.91 Å². The maximum absolute atomic E-state index is 11.6. The molecule has 1 atom stereocenters. The highest BCUT2D eigenvalue weighted by Crippen LogP contribution is 2.29. The Morgan fingerprint density at radius 1 is 1.47 bits per heavy atom. The minimum atomic E-state index is -1.15. The first kappa shape index (κ1) is 11.9. The fourth-order valence-electron chi connectivity index (χ4n) is 1.47. The van der Waals surface area contributed by atoms with E-state index in [0.717, 1.165) is 6.42 Å². The summed E-state index contributed by atoms with van der Waals surface area (Å²) in [5, 5.41) is 19.7. The number of aliphatic carboxylic acids is 1. The van der Waals surface area contributed by atoms with Gasteiger partial charge in [-0.3, -0.25) is 4.79 Å². The van der Waals surface area contributed by atoms with Gasteiger partial charge in [0.25, 0.3) is 0 Å². The molecule has 1 aliphatic rings. The molecule has 15 heavy (non-hydrogen) atoms. The number of nitrogens with one attached hydrogen (secondary N) is 1. The van der Waals surface area contributed by atoms with Crippen molar-refractivity contribution in [2.75, 3.05) is 6.61 Å². The van der Waals surface area contributed by atoms with Gasteiger partial charge in [-0.1, -0.05) is 0 Å². The summed E-state index contributed by atoms with van der Waals surface area (Å²) in [4.78, 5) is 22.2. The summed E-state index contributed by atoms with van der Waals surface area (Å²) in [7, 11) is 0. The number of carboxylic acid groups (broad SMARTS) is 1. The molecule has 0 aromatic rings. The fourth-order valence-corrected chi connectivity index (χ4v) is 1.47. The number of amides is 1. The zero-order chi connectivity index (χ0) is 11.5. The molecule has 0 aromatic carbocycles. The molecule has 0 aromatic heterocycles. The monoisotopic (exact) mass is 216 g/mol. The molecule has 0 heterocycles. The van der Waals surface area contributed by atoms with Gasteiger partial charge in [-0.25, -0.2) is 4.79 Å². The summed E-state index contributed by atoms with van der Waals surface area (Å²) < 4.78 is 0. The Balaban J connectivity index is 2.50. The van der Waals surface area contributed by atoms with E-state index in [-0.39, 0.29) is 13.0 Å². The summed E-state index contributed by atoms with van der Waals surface area (Å²) in [5.74, 6) is -1.59. The average molecular weight is 216 g/mol. The van der Waals surface area contributed by atoms with Gasteiger partial charge in [-0.15, -0.1) is 0 Å². The second kappa shape index (κ2) is 4.59. The molecular formula is C9H16N2O4. The topological polar surface area (TPSA) is 113 Å². The highest BCUT2D eigenvalue weighted by molar-refractivity contribution is 5.90. The Bertz CT molecular complexity index is 263. The molecule has 1 aliphatic carbocycles. The van der Waals surface area contributed by atoms with Crippen LogP contribution >= 0.6 is 0 Å². The lowest BCUT2D eigenvalue weighted by Gasteiger charge is -2.36. The summed E-state index contributed by atoms with van der Waals surface area (Å²) in [6.07, 6.45) is 2.06. The second-order valence-electron chi connectivity index (χ2n) is 3.89. The zero-order valence-electron chi connectivity index (χ0n) is 8.40. The van der Waals surface area contributed by atoms with Crippen molar-refractivity contribution in [1.82, 2.24) is 5.32 Å². The number of hydrogen-bond donors (Lipinski definition) is 4. The first-order valence-electron chi connectivity index (χ1n) is 4.93. The highest BCUT2D eigenvalue weighted by atomic mass is 16.4. The van der Waals surface area contributed by atoms with E-state index in [0.29, 0.717) is 12.8 Å². The van der Waals surface area contributed by atoms with Gasteiger partial charge < -0.3 is 21.3 Å². The Morgan fingerprint density at radius 2 is 2.07 bits per heavy atom. The Morgan fingerprint density at radius 3 is 2.40 bits per heavy atom. The van der Waals surface area contributed by atoms with Crippen LogP contribution in [0.3, 0.4) is 0 Å². The third-order valence-corrected chi connectivity index (χ3v) is 2.72. The summed E-state index contributed by atoms with van der Waals surface area (Å²) >= 11 is 0. The molecule has 6 nitrogen and oxygen atoms in total. The quantitative estimate of drug-likeness (QED) is 0.462. The molecule has 0 radical (unpaired) electrons. The number of aliphatic hydroxyl groups excluding tert-OH is 1. The van der Waals surface area contributed by atoms with Crippen molar-refractivity contribution in [3.8, 4) is 0 Å². The molecule has 1 fully saturated rings. The van der Waals surface area contributed by atoms with E-state index in [4.69, 9.17) is 15.9 Å². The van der Waals surface area contributed by atoms with Gasteiger partial charge >= 0.3 is 5.97 Å². The number of carboxylic acids is 1. The molecule has 1 amide bonds. The fraction of sp³-hybridized carbons (Fsp3) is 0.778. The lowest BCUT2D eigenvalue weighted by Crippen LogP contribution is -2.61. The lowest BCUT2D eigenvalue weighted by molar-refractivity contribution is -0.143. The Labute approximate surface area is 87.5 Å². The van der Waals surface area contributed by atoms with Crippen LogP contribution in [0.25, 0.3) is 0 Å². The average Bonchev–Trinajstić information content (AvgIpc) is 2.13. The van der Waals surface area contributed by atoms with Crippen molar-refractivity contribution in [1.29, 1.82) is 0 Å². The van der Waals surface area contributed by atoms with E-state index in [9.17, 15) is 9.59 Å². The van der Waals surface area contributed by atoms with Gasteiger partial charge in [0.05, 0.1) is 5.54 Å². The van der Waals surface area contributed by atoms with E-state index in [1.54, 1.807) is 0 Å². The normalized spacial score (nSPS) is 20.1. The standard InChI is InChI=1S/C9H16N2O4/c10-9(3-1-4-9)8(15)11-6(2-5-12)7(13)14/h6,12H,1-5,10H2,(H,11,15)(H,13,14)/t6-/m1/s1. The van der Waals surface area contributed by atoms with Crippen LogP contribution in [0, 0.1) is 0 Å². The van der Waals surface area contributed by atoms with E-state index in [2.05, 4.69) is 5.32 Å². The maximum Gasteiger partial charge on any atom is 0.326 e. The number of carbonyl (C=O) groups excluding carboxylic acids is 1. The molecule has 0 aliphatic heterocycles. The number of hydrogen-bond acceptors (Lipinski definition) is 4. The molecule has 0 bridgehead atoms. The van der Waals surface area contributed by atoms with Crippen LogP contribution in [0.1, 0.15) is 25.7 Å². The highest BCUT2D eigenvalue weighted by Gasteiger charge is 2.41. The number of aliphatic hydroxyl groups is 1. The van der Waals surface area contributed by atoms with Gasteiger partial charge in [0.1, 0.15) is 6.04 Å². The lowest BCUT2D eigenvalue weighted by atomic mass is 9.77. The van der Waals surface area contributed by atoms with Crippen LogP contribution in [0.5, 0.6) is 0 Å². The SMILES string of the molecule is NC1(C(=O)N[C@H](CCO)C(=O)O)CCC1. The van der Waals surface area contributed by atoms with E-state index in [1.165, 1.54) is 0 Å². The number of carbonyl (C=O) groups is 2. The molecule has 5 N–H and O–H groups in total. The number of nitrogens with two attached hydrogens (primary N) is 1. The maximum atomic E-state index is 11.6. The van der Waals surface area contributed by atoms with Gasteiger partial charge in [-0.05, 0) is 19.3 Å². The molecule has 0 spiro atoms. The minimum Gasteiger partial charge on any atom is -0.480 e. The molecule has 0 saturated heterocycles. The van der Waals surface area contributed by atoms with E-state index < -0.39 is 23.5 Å².